The molecule has 7 nitrogen and oxygen atoms in total. The molecule has 2 N–H and O–H groups in total. The summed E-state index contributed by atoms with van der Waals surface area (Å²) in [5.74, 6) is -0.662. The first-order valence-corrected chi connectivity index (χ1v) is 7.18. The molecule has 0 radical (unpaired) electrons. The third-order valence-electron chi connectivity index (χ3n) is 2.36. The third kappa shape index (κ3) is 4.05. The molecule has 0 saturated heterocycles. The molecular formula is C10H16O7S. The molecule has 1 aliphatic rings. The summed E-state index contributed by atoms with van der Waals surface area (Å²) in [6.45, 7) is 1.78. The number of carbonyl (C=O) groups excluding carboxylic acids is 1. The zero-order valence-electron chi connectivity index (χ0n) is 10.1. The summed E-state index contributed by atoms with van der Waals surface area (Å²) in [7, 11) is -3.79. The summed E-state index contributed by atoms with van der Waals surface area (Å²) in [4.78, 5) is 11.5. The van der Waals surface area contributed by atoms with E-state index in [0.29, 0.717) is 0 Å². The number of rotatable bonds is 4. The first-order valence-electron chi connectivity index (χ1n) is 5.36. The van der Waals surface area contributed by atoms with Crippen molar-refractivity contribution in [3.63, 3.8) is 0 Å². The van der Waals surface area contributed by atoms with Crippen molar-refractivity contribution in [1.29, 1.82) is 0 Å². The number of esters is 1. The van der Waals surface area contributed by atoms with Crippen LogP contribution >= 0.6 is 0 Å². The smallest absolute Gasteiger partial charge is 0.333 e. The van der Waals surface area contributed by atoms with Crippen LogP contribution in [0, 0.1) is 0 Å². The lowest BCUT2D eigenvalue weighted by atomic mass is 9.92. The molecule has 0 fully saturated rings. The number of ether oxygens (including phenoxy) is 1. The average Bonchev–Trinajstić information content (AvgIpc) is 2.22. The van der Waals surface area contributed by atoms with Crippen LogP contribution in [0.3, 0.4) is 0 Å². The van der Waals surface area contributed by atoms with Gasteiger partial charge in [-0.3, -0.25) is 4.18 Å². The molecular weight excluding hydrogens is 264 g/mol. The van der Waals surface area contributed by atoms with Crippen molar-refractivity contribution in [3.8, 4) is 0 Å². The highest BCUT2D eigenvalue weighted by atomic mass is 32.2. The maximum Gasteiger partial charge on any atom is 0.333 e. The Labute approximate surface area is 105 Å². The van der Waals surface area contributed by atoms with Gasteiger partial charge in [-0.25, -0.2) is 4.79 Å². The van der Waals surface area contributed by atoms with Crippen molar-refractivity contribution < 1.29 is 32.3 Å². The fourth-order valence-corrected chi connectivity index (χ4v) is 2.25. The van der Waals surface area contributed by atoms with E-state index in [1.807, 2.05) is 0 Å². The first kappa shape index (κ1) is 15.1. The molecule has 1 aliphatic carbocycles. The van der Waals surface area contributed by atoms with Crippen molar-refractivity contribution in [1.82, 2.24) is 0 Å². The van der Waals surface area contributed by atoms with Crippen LogP contribution in [-0.2, 0) is 23.8 Å². The highest BCUT2D eigenvalue weighted by molar-refractivity contribution is 7.86. The Bertz CT molecular complexity index is 439. The van der Waals surface area contributed by atoms with E-state index in [0.717, 1.165) is 12.3 Å². The average molecular weight is 280 g/mol. The van der Waals surface area contributed by atoms with E-state index in [1.54, 1.807) is 6.92 Å². The van der Waals surface area contributed by atoms with Crippen molar-refractivity contribution in [2.45, 2.75) is 31.7 Å². The van der Waals surface area contributed by atoms with E-state index in [2.05, 4.69) is 4.18 Å². The van der Waals surface area contributed by atoms with Gasteiger partial charge in [0.05, 0.1) is 12.9 Å². The van der Waals surface area contributed by atoms with Crippen molar-refractivity contribution in [2.24, 2.45) is 0 Å². The summed E-state index contributed by atoms with van der Waals surface area (Å²) in [6.07, 6.45) is -2.13. The van der Waals surface area contributed by atoms with Gasteiger partial charge in [-0.2, -0.15) is 8.42 Å². The van der Waals surface area contributed by atoms with Crippen LogP contribution in [0.5, 0.6) is 0 Å². The second-order valence-corrected chi connectivity index (χ2v) is 5.54. The van der Waals surface area contributed by atoms with Crippen molar-refractivity contribution in [3.05, 3.63) is 11.6 Å². The standard InChI is InChI=1S/C10H16O7S/c1-3-16-10(13)6-4-7(11)9(12)8(5-6)17-18(2,14)15/h4,7-9,11-12H,3,5H2,1-2H3/t7-,8+,9+/m0/s1. The minimum atomic E-state index is -3.79. The molecule has 1 rings (SSSR count). The molecule has 0 aromatic carbocycles. The van der Waals surface area contributed by atoms with Crippen LogP contribution in [0.4, 0.5) is 0 Å². The number of carbonyl (C=O) groups is 1. The largest absolute Gasteiger partial charge is 0.463 e. The van der Waals surface area contributed by atoms with Crippen LogP contribution in [0.1, 0.15) is 13.3 Å². The van der Waals surface area contributed by atoms with Gasteiger partial charge in [-0.1, -0.05) is 0 Å². The minimum Gasteiger partial charge on any atom is -0.463 e. The summed E-state index contributed by atoms with van der Waals surface area (Å²) >= 11 is 0. The van der Waals surface area contributed by atoms with Crippen LogP contribution in [0.2, 0.25) is 0 Å². The normalized spacial score (nSPS) is 28.7. The van der Waals surface area contributed by atoms with Crippen LogP contribution < -0.4 is 0 Å². The van der Waals surface area contributed by atoms with Gasteiger partial charge in [0.15, 0.2) is 0 Å². The van der Waals surface area contributed by atoms with E-state index in [-0.39, 0.29) is 18.6 Å². The predicted octanol–water partition coefficient (Wildman–Crippen LogP) is -1.05. The monoisotopic (exact) mass is 280 g/mol. The summed E-state index contributed by atoms with van der Waals surface area (Å²) < 4.78 is 31.4. The molecule has 3 atom stereocenters. The lowest BCUT2D eigenvalue weighted by Gasteiger charge is -2.29. The van der Waals surface area contributed by atoms with E-state index >= 15 is 0 Å². The Kier molecular flexibility index (Phi) is 4.85. The van der Waals surface area contributed by atoms with Gasteiger partial charge in [0.25, 0.3) is 10.1 Å². The highest BCUT2D eigenvalue weighted by Crippen LogP contribution is 2.24. The Morgan fingerprint density at radius 3 is 2.61 bits per heavy atom. The van der Waals surface area contributed by atoms with Gasteiger partial charge in [0.2, 0.25) is 0 Å². The second kappa shape index (κ2) is 5.79. The summed E-state index contributed by atoms with van der Waals surface area (Å²) in [6, 6.07) is 0. The fourth-order valence-electron chi connectivity index (χ4n) is 1.62. The zero-order chi connectivity index (χ0) is 13.9. The number of aliphatic hydroxyl groups is 2. The Hall–Kier alpha value is -0.960. The minimum absolute atomic E-state index is 0.0864. The van der Waals surface area contributed by atoms with Gasteiger partial charge in [0.1, 0.15) is 18.3 Å². The predicted molar refractivity (Wildman–Crippen MR) is 61.1 cm³/mol. The molecule has 0 aromatic heterocycles. The van der Waals surface area contributed by atoms with Gasteiger partial charge in [0, 0.05) is 12.0 Å². The number of aliphatic hydroxyl groups excluding tert-OH is 2. The molecule has 104 valence electrons. The Morgan fingerprint density at radius 1 is 1.50 bits per heavy atom. The molecule has 0 spiro atoms. The van der Waals surface area contributed by atoms with Crippen molar-refractivity contribution in [2.75, 3.05) is 12.9 Å². The quantitative estimate of drug-likeness (QED) is 0.499. The van der Waals surface area contributed by atoms with Gasteiger partial charge < -0.3 is 14.9 Å². The van der Waals surface area contributed by atoms with Crippen LogP contribution in [-0.4, -0.2) is 55.8 Å². The second-order valence-electron chi connectivity index (χ2n) is 3.94. The van der Waals surface area contributed by atoms with Gasteiger partial charge in [-0.05, 0) is 13.0 Å². The van der Waals surface area contributed by atoms with Crippen molar-refractivity contribution >= 4 is 16.1 Å². The van der Waals surface area contributed by atoms with Crippen LogP contribution in [0.25, 0.3) is 0 Å². The number of hydrogen-bond acceptors (Lipinski definition) is 7. The lowest BCUT2D eigenvalue weighted by Crippen LogP contribution is -2.43. The molecule has 0 bridgehead atoms. The molecule has 0 amide bonds. The van der Waals surface area contributed by atoms with E-state index in [1.165, 1.54) is 0 Å². The Balaban J connectivity index is 2.86. The third-order valence-corrected chi connectivity index (χ3v) is 2.96. The SMILES string of the molecule is CCOC(=O)C1=C[C@H](O)[C@@H](O)[C@H](OS(C)(=O)=O)C1. The highest BCUT2D eigenvalue weighted by Gasteiger charge is 2.36. The molecule has 0 aromatic rings. The molecule has 8 heteroatoms. The van der Waals surface area contributed by atoms with E-state index in [4.69, 9.17) is 4.74 Å². The maximum absolute atomic E-state index is 11.5. The van der Waals surface area contributed by atoms with Gasteiger partial charge in [-0.15, -0.1) is 0 Å². The zero-order valence-corrected chi connectivity index (χ0v) is 10.9. The Morgan fingerprint density at radius 2 is 2.11 bits per heavy atom. The molecule has 0 saturated carbocycles. The first-order chi connectivity index (χ1) is 8.24. The van der Waals surface area contributed by atoms with Crippen LogP contribution in [0.15, 0.2) is 11.6 Å². The topological polar surface area (TPSA) is 110 Å². The maximum atomic E-state index is 11.5. The van der Waals surface area contributed by atoms with E-state index < -0.39 is 34.4 Å². The van der Waals surface area contributed by atoms with Gasteiger partial charge >= 0.3 is 5.97 Å². The molecule has 0 unspecified atom stereocenters. The number of hydrogen-bond donors (Lipinski definition) is 2. The summed E-state index contributed by atoms with van der Waals surface area (Å²) in [5.41, 5.74) is 0.0864. The molecule has 0 heterocycles. The summed E-state index contributed by atoms with van der Waals surface area (Å²) in [5, 5.41) is 19.1. The lowest BCUT2D eigenvalue weighted by molar-refractivity contribution is -0.139. The molecule has 18 heavy (non-hydrogen) atoms. The fraction of sp³-hybridized carbons (Fsp3) is 0.700. The molecule has 0 aliphatic heterocycles. The van der Waals surface area contributed by atoms with E-state index in [9.17, 15) is 23.4 Å².